The third-order valence-corrected chi connectivity index (χ3v) is 4.07. The van der Waals surface area contributed by atoms with Gasteiger partial charge in [-0.3, -0.25) is 4.79 Å². The standard InChI is InChI=1S/C11H17N3OS.ClH/c1-3-8-7(2)16-10(13-8)14-9(15)11(12)5-4-6-11;/h3-6,12H2,1-2H3,(H,13,14,15);1H. The van der Waals surface area contributed by atoms with E-state index in [1.807, 2.05) is 6.92 Å². The zero-order valence-corrected chi connectivity index (χ0v) is 11.7. The lowest BCUT2D eigenvalue weighted by Crippen LogP contribution is -2.56. The first-order chi connectivity index (χ1) is 7.55. The molecular weight excluding hydrogens is 258 g/mol. The van der Waals surface area contributed by atoms with E-state index in [-0.39, 0.29) is 18.3 Å². The number of hydrogen-bond donors (Lipinski definition) is 2. The number of anilines is 1. The summed E-state index contributed by atoms with van der Waals surface area (Å²) in [6.07, 6.45) is 3.50. The van der Waals surface area contributed by atoms with E-state index in [2.05, 4.69) is 17.2 Å². The Labute approximate surface area is 111 Å². The Hall–Kier alpha value is -0.650. The number of nitrogens with one attached hydrogen (secondary N) is 1. The van der Waals surface area contributed by atoms with Crippen molar-refractivity contribution in [2.45, 2.75) is 45.1 Å². The van der Waals surface area contributed by atoms with Crippen LogP contribution in [0.25, 0.3) is 0 Å². The highest BCUT2D eigenvalue weighted by Crippen LogP contribution is 2.31. The fourth-order valence-corrected chi connectivity index (χ4v) is 2.71. The molecule has 96 valence electrons. The minimum Gasteiger partial charge on any atom is -0.317 e. The Balaban J connectivity index is 0.00000144. The lowest BCUT2D eigenvalue weighted by Gasteiger charge is -2.35. The van der Waals surface area contributed by atoms with E-state index in [1.165, 1.54) is 11.3 Å². The van der Waals surface area contributed by atoms with Gasteiger partial charge >= 0.3 is 0 Å². The summed E-state index contributed by atoms with van der Waals surface area (Å²) in [4.78, 5) is 17.4. The molecule has 6 heteroatoms. The van der Waals surface area contributed by atoms with Gasteiger partial charge in [-0.2, -0.15) is 0 Å². The first-order valence-corrected chi connectivity index (χ1v) is 6.43. The fraction of sp³-hybridized carbons (Fsp3) is 0.636. The van der Waals surface area contributed by atoms with Crippen LogP contribution < -0.4 is 11.1 Å². The van der Waals surface area contributed by atoms with E-state index in [0.29, 0.717) is 5.13 Å². The summed E-state index contributed by atoms with van der Waals surface area (Å²) in [7, 11) is 0. The second-order valence-corrected chi connectivity index (χ2v) is 5.54. The van der Waals surface area contributed by atoms with E-state index < -0.39 is 5.54 Å². The van der Waals surface area contributed by atoms with Gasteiger partial charge in [0.25, 0.3) is 0 Å². The maximum atomic E-state index is 11.9. The highest BCUT2D eigenvalue weighted by Gasteiger charge is 2.40. The van der Waals surface area contributed by atoms with Crippen molar-refractivity contribution < 1.29 is 4.79 Å². The molecule has 2 rings (SSSR count). The number of carbonyl (C=O) groups excluding carboxylic acids is 1. The molecule has 1 heterocycles. The molecule has 1 amide bonds. The van der Waals surface area contributed by atoms with Crippen LogP contribution in [0, 0.1) is 6.92 Å². The van der Waals surface area contributed by atoms with Crippen molar-refractivity contribution in [2.24, 2.45) is 5.73 Å². The normalized spacial score (nSPS) is 16.9. The average molecular weight is 276 g/mol. The molecule has 4 nitrogen and oxygen atoms in total. The summed E-state index contributed by atoms with van der Waals surface area (Å²) in [5.41, 5.74) is 6.35. The third kappa shape index (κ3) is 2.78. The van der Waals surface area contributed by atoms with Gasteiger partial charge in [0, 0.05) is 4.88 Å². The number of nitrogens with zero attached hydrogens (tertiary/aromatic N) is 1. The molecule has 1 fully saturated rings. The number of carbonyl (C=O) groups is 1. The third-order valence-electron chi connectivity index (χ3n) is 3.15. The van der Waals surface area contributed by atoms with E-state index in [4.69, 9.17) is 5.73 Å². The van der Waals surface area contributed by atoms with Crippen molar-refractivity contribution >= 4 is 34.8 Å². The van der Waals surface area contributed by atoms with Crippen molar-refractivity contribution in [3.8, 4) is 0 Å². The van der Waals surface area contributed by atoms with Crippen LogP contribution in [0.4, 0.5) is 5.13 Å². The van der Waals surface area contributed by atoms with E-state index in [9.17, 15) is 4.79 Å². The second-order valence-electron chi connectivity index (χ2n) is 4.34. The van der Waals surface area contributed by atoms with Gasteiger partial charge in [0.05, 0.1) is 11.2 Å². The molecule has 1 aliphatic rings. The Morgan fingerprint density at radius 2 is 2.24 bits per heavy atom. The summed E-state index contributed by atoms with van der Waals surface area (Å²) in [6.45, 7) is 4.08. The summed E-state index contributed by atoms with van der Waals surface area (Å²) in [5, 5.41) is 3.50. The molecule has 0 aromatic carbocycles. The van der Waals surface area contributed by atoms with E-state index in [1.54, 1.807) is 0 Å². The number of hydrogen-bond acceptors (Lipinski definition) is 4. The van der Waals surface area contributed by atoms with Gasteiger partial charge in [0.15, 0.2) is 5.13 Å². The summed E-state index contributed by atoms with van der Waals surface area (Å²) >= 11 is 1.52. The summed E-state index contributed by atoms with van der Waals surface area (Å²) < 4.78 is 0. The highest BCUT2D eigenvalue weighted by molar-refractivity contribution is 7.15. The second kappa shape index (κ2) is 5.33. The predicted molar refractivity (Wildman–Crippen MR) is 72.9 cm³/mol. The van der Waals surface area contributed by atoms with Gasteiger partial charge in [0.1, 0.15) is 0 Å². The van der Waals surface area contributed by atoms with Crippen LogP contribution in [0.5, 0.6) is 0 Å². The maximum Gasteiger partial charge on any atom is 0.246 e. The Bertz CT molecular complexity index is 415. The van der Waals surface area contributed by atoms with Crippen LogP contribution in [0.2, 0.25) is 0 Å². The predicted octanol–water partition coefficient (Wildman–Crippen LogP) is 2.26. The van der Waals surface area contributed by atoms with Gasteiger partial charge < -0.3 is 11.1 Å². The van der Waals surface area contributed by atoms with Crippen LogP contribution in [0.3, 0.4) is 0 Å². The van der Waals surface area contributed by atoms with Gasteiger partial charge in [0.2, 0.25) is 5.91 Å². The Kier molecular flexibility index (Phi) is 4.52. The number of aromatic nitrogens is 1. The quantitative estimate of drug-likeness (QED) is 0.889. The van der Waals surface area contributed by atoms with Crippen LogP contribution in [0.15, 0.2) is 0 Å². The van der Waals surface area contributed by atoms with Crippen LogP contribution >= 0.6 is 23.7 Å². The number of aryl methyl sites for hydroxylation is 2. The molecule has 0 unspecified atom stereocenters. The Morgan fingerprint density at radius 1 is 1.59 bits per heavy atom. The first-order valence-electron chi connectivity index (χ1n) is 5.62. The topological polar surface area (TPSA) is 68.0 Å². The molecular formula is C11H18ClN3OS. The van der Waals surface area contributed by atoms with Gasteiger partial charge in [-0.15, -0.1) is 23.7 Å². The minimum atomic E-state index is -0.647. The largest absolute Gasteiger partial charge is 0.317 e. The number of nitrogens with two attached hydrogens (primary N) is 1. The smallest absolute Gasteiger partial charge is 0.246 e. The zero-order valence-electron chi connectivity index (χ0n) is 10.1. The molecule has 17 heavy (non-hydrogen) atoms. The molecule has 0 saturated heterocycles. The molecule has 3 N–H and O–H groups in total. The summed E-state index contributed by atoms with van der Waals surface area (Å²) in [6, 6.07) is 0. The van der Waals surface area contributed by atoms with Crippen molar-refractivity contribution in [3.05, 3.63) is 10.6 Å². The maximum absolute atomic E-state index is 11.9. The number of halogens is 1. The number of amides is 1. The van der Waals surface area contributed by atoms with E-state index >= 15 is 0 Å². The van der Waals surface area contributed by atoms with Crippen molar-refractivity contribution in [2.75, 3.05) is 5.32 Å². The van der Waals surface area contributed by atoms with Crippen molar-refractivity contribution in [3.63, 3.8) is 0 Å². The molecule has 1 aromatic heterocycles. The fourth-order valence-electron chi connectivity index (χ4n) is 1.82. The van der Waals surface area contributed by atoms with Crippen molar-refractivity contribution in [1.29, 1.82) is 0 Å². The molecule has 0 aliphatic heterocycles. The number of thiazole rings is 1. The van der Waals surface area contributed by atoms with Gasteiger partial charge in [-0.25, -0.2) is 4.98 Å². The average Bonchev–Trinajstić information content (AvgIpc) is 2.55. The highest BCUT2D eigenvalue weighted by atomic mass is 35.5. The SMILES string of the molecule is CCc1nc(NC(=O)C2(N)CCC2)sc1C.Cl. The molecule has 0 atom stereocenters. The number of rotatable bonds is 3. The van der Waals surface area contributed by atoms with Gasteiger partial charge in [-0.1, -0.05) is 6.92 Å². The molecule has 1 aliphatic carbocycles. The van der Waals surface area contributed by atoms with Crippen LogP contribution in [-0.4, -0.2) is 16.4 Å². The van der Waals surface area contributed by atoms with Gasteiger partial charge in [-0.05, 0) is 32.6 Å². The molecule has 1 saturated carbocycles. The molecule has 0 radical (unpaired) electrons. The Morgan fingerprint density at radius 3 is 2.65 bits per heavy atom. The summed E-state index contributed by atoms with van der Waals surface area (Å²) in [5.74, 6) is -0.0878. The van der Waals surface area contributed by atoms with Crippen molar-refractivity contribution in [1.82, 2.24) is 4.98 Å². The molecule has 0 spiro atoms. The lowest BCUT2D eigenvalue weighted by molar-refractivity contribution is -0.123. The molecule has 1 aromatic rings. The lowest BCUT2D eigenvalue weighted by atomic mass is 9.77. The van der Waals surface area contributed by atoms with E-state index in [0.717, 1.165) is 36.3 Å². The monoisotopic (exact) mass is 275 g/mol. The minimum absolute atomic E-state index is 0. The van der Waals surface area contributed by atoms with Crippen LogP contribution in [0.1, 0.15) is 36.8 Å². The zero-order chi connectivity index (χ0) is 11.8. The molecule has 0 bridgehead atoms. The first kappa shape index (κ1) is 14.4. The van der Waals surface area contributed by atoms with Crippen LogP contribution in [-0.2, 0) is 11.2 Å².